The molecular weight excluding hydrogens is 308 g/mol. The van der Waals surface area contributed by atoms with Gasteiger partial charge < -0.3 is 10.4 Å². The van der Waals surface area contributed by atoms with Crippen LogP contribution in [-0.2, 0) is 19.4 Å². The van der Waals surface area contributed by atoms with E-state index in [1.165, 1.54) is 12.1 Å². The summed E-state index contributed by atoms with van der Waals surface area (Å²) in [5, 5.41) is 10.8. The van der Waals surface area contributed by atoms with Gasteiger partial charge in [0.05, 0.1) is 4.90 Å². The van der Waals surface area contributed by atoms with Gasteiger partial charge in [0.15, 0.2) is 0 Å². The molecule has 0 fully saturated rings. The molecule has 0 atom stereocenters. The summed E-state index contributed by atoms with van der Waals surface area (Å²) in [7, 11) is -4.66. The molecule has 0 aliphatic heterocycles. The highest BCUT2D eigenvalue weighted by Gasteiger charge is 2.26. The van der Waals surface area contributed by atoms with E-state index in [0.29, 0.717) is 0 Å². The number of halogens is 2. The normalized spacial score (nSPS) is 11.4. The third-order valence-electron chi connectivity index (χ3n) is 2.50. The van der Waals surface area contributed by atoms with Crippen LogP contribution >= 0.6 is 0 Å². The first-order valence-electron chi connectivity index (χ1n) is 5.87. The smallest absolute Gasteiger partial charge is 0.341 e. The zero-order chi connectivity index (χ0) is 16.0. The minimum absolute atomic E-state index is 0.0105. The summed E-state index contributed by atoms with van der Waals surface area (Å²) in [6.45, 7) is 0. The molecule has 0 heterocycles. The van der Waals surface area contributed by atoms with Crippen molar-refractivity contribution >= 4 is 27.4 Å². The van der Waals surface area contributed by atoms with E-state index in [9.17, 15) is 26.8 Å². The minimum Gasteiger partial charge on any atom is -0.481 e. The molecule has 0 aliphatic carbocycles. The fraction of sp³-hybridized carbons (Fsp3) is 0.333. The summed E-state index contributed by atoms with van der Waals surface area (Å²) >= 11 is 0. The number of hydrogen-bond donors (Lipinski definition) is 2. The van der Waals surface area contributed by atoms with Crippen LogP contribution in [0.2, 0.25) is 0 Å². The number of benzene rings is 1. The molecule has 116 valence electrons. The van der Waals surface area contributed by atoms with Gasteiger partial charge in [-0.1, -0.05) is 0 Å². The van der Waals surface area contributed by atoms with Crippen LogP contribution in [-0.4, -0.2) is 31.2 Å². The van der Waals surface area contributed by atoms with Crippen LogP contribution in [0.15, 0.2) is 29.2 Å². The van der Waals surface area contributed by atoms with Gasteiger partial charge in [0.25, 0.3) is 0 Å². The maximum Gasteiger partial charge on any atom is 0.341 e. The van der Waals surface area contributed by atoms with Crippen molar-refractivity contribution in [3.05, 3.63) is 24.3 Å². The van der Waals surface area contributed by atoms with Crippen LogP contribution < -0.4 is 5.32 Å². The van der Waals surface area contributed by atoms with Gasteiger partial charge in [-0.3, -0.25) is 9.59 Å². The van der Waals surface area contributed by atoms with Gasteiger partial charge in [-0.2, -0.15) is 8.78 Å². The second-order valence-corrected chi connectivity index (χ2v) is 6.04. The van der Waals surface area contributed by atoms with Crippen LogP contribution in [0.25, 0.3) is 0 Å². The second-order valence-electron chi connectivity index (χ2n) is 4.13. The monoisotopic (exact) mass is 321 g/mol. The molecule has 1 aromatic rings. The van der Waals surface area contributed by atoms with E-state index in [0.717, 1.165) is 12.1 Å². The van der Waals surface area contributed by atoms with E-state index < -0.39 is 32.4 Å². The number of carboxylic acids is 1. The molecular formula is C12H13F2NO5S. The highest BCUT2D eigenvalue weighted by atomic mass is 32.2. The molecule has 6 nitrogen and oxygen atoms in total. The quantitative estimate of drug-likeness (QED) is 0.798. The fourth-order valence-corrected chi connectivity index (χ4v) is 2.18. The average molecular weight is 321 g/mol. The molecule has 9 heteroatoms. The molecule has 0 saturated heterocycles. The van der Waals surface area contributed by atoms with Crippen LogP contribution in [0, 0.1) is 0 Å². The summed E-state index contributed by atoms with van der Waals surface area (Å²) in [6, 6.07) is 4.30. The molecule has 21 heavy (non-hydrogen) atoms. The van der Waals surface area contributed by atoms with E-state index in [1.807, 2.05) is 0 Å². The highest BCUT2D eigenvalue weighted by molar-refractivity contribution is 7.91. The highest BCUT2D eigenvalue weighted by Crippen LogP contribution is 2.20. The van der Waals surface area contributed by atoms with Gasteiger partial charge in [0.1, 0.15) is 0 Å². The Kier molecular flexibility index (Phi) is 5.77. The van der Waals surface area contributed by atoms with Gasteiger partial charge in [-0.25, -0.2) is 8.42 Å². The first-order chi connectivity index (χ1) is 9.73. The van der Waals surface area contributed by atoms with Crippen molar-refractivity contribution in [3.8, 4) is 0 Å². The van der Waals surface area contributed by atoms with E-state index >= 15 is 0 Å². The summed E-state index contributed by atoms with van der Waals surface area (Å²) in [6.07, 6.45) is 0.0153. The number of hydrogen-bond acceptors (Lipinski definition) is 4. The van der Waals surface area contributed by atoms with E-state index in [4.69, 9.17) is 5.11 Å². The molecule has 1 aromatic carbocycles. The molecule has 0 bridgehead atoms. The molecule has 0 aliphatic rings. The second kappa shape index (κ2) is 7.11. The summed E-state index contributed by atoms with van der Waals surface area (Å²) in [5.41, 5.74) is 0.239. The number of carbonyl (C=O) groups is 2. The fourth-order valence-electron chi connectivity index (χ4n) is 1.45. The number of alkyl halides is 2. The van der Waals surface area contributed by atoms with Crippen LogP contribution in [0.4, 0.5) is 14.5 Å². The number of carboxylic acid groups (broad SMARTS) is 1. The van der Waals surface area contributed by atoms with Crippen molar-refractivity contribution in [3.63, 3.8) is 0 Å². The number of rotatable bonds is 7. The summed E-state index contributed by atoms with van der Waals surface area (Å²) in [4.78, 5) is 21.2. The Morgan fingerprint density at radius 1 is 1.14 bits per heavy atom. The Labute approximate surface area is 119 Å². The topological polar surface area (TPSA) is 101 Å². The lowest BCUT2D eigenvalue weighted by Gasteiger charge is -2.06. The number of nitrogens with one attached hydrogen (secondary N) is 1. The zero-order valence-corrected chi connectivity index (χ0v) is 11.6. The Bertz CT molecular complexity index is 613. The number of amides is 1. The molecule has 0 aromatic heterocycles. The lowest BCUT2D eigenvalue weighted by molar-refractivity contribution is -0.137. The van der Waals surface area contributed by atoms with Crippen molar-refractivity contribution in [1.29, 1.82) is 0 Å². The number of aliphatic carboxylic acids is 1. The first-order valence-corrected chi connectivity index (χ1v) is 7.42. The van der Waals surface area contributed by atoms with Crippen molar-refractivity contribution < 1.29 is 31.9 Å². The van der Waals surface area contributed by atoms with E-state index in [2.05, 4.69) is 5.32 Å². The van der Waals surface area contributed by atoms with Crippen LogP contribution in [0.3, 0.4) is 0 Å². The predicted molar refractivity (Wildman–Crippen MR) is 69.7 cm³/mol. The van der Waals surface area contributed by atoms with Gasteiger partial charge in [-0.05, 0) is 30.7 Å². The van der Waals surface area contributed by atoms with E-state index in [1.54, 1.807) is 0 Å². The molecule has 0 unspecified atom stereocenters. The van der Waals surface area contributed by atoms with Crippen molar-refractivity contribution in [2.75, 3.05) is 5.32 Å². The van der Waals surface area contributed by atoms with Crippen LogP contribution in [0.5, 0.6) is 0 Å². The maximum atomic E-state index is 12.3. The Morgan fingerprint density at radius 2 is 1.71 bits per heavy atom. The molecule has 1 rings (SSSR count). The Hall–Kier alpha value is -2.03. The largest absolute Gasteiger partial charge is 0.481 e. The van der Waals surface area contributed by atoms with Gasteiger partial charge >= 0.3 is 11.7 Å². The standard InChI is InChI=1S/C12H13F2NO5S/c13-12(14)21(19,20)9-6-4-8(5-7-9)15-10(16)2-1-3-11(17)18/h4-7,12H,1-3H2,(H,15,16)(H,17,18). The molecule has 0 spiro atoms. The lowest BCUT2D eigenvalue weighted by Crippen LogP contribution is -2.13. The number of anilines is 1. The lowest BCUT2D eigenvalue weighted by atomic mass is 10.2. The Balaban J connectivity index is 2.63. The van der Waals surface area contributed by atoms with Gasteiger partial charge in [-0.15, -0.1) is 0 Å². The molecule has 0 saturated carbocycles. The third-order valence-corrected chi connectivity index (χ3v) is 3.89. The third kappa shape index (κ3) is 5.10. The summed E-state index contributed by atoms with van der Waals surface area (Å²) in [5.74, 6) is -4.96. The average Bonchev–Trinajstić information content (AvgIpc) is 2.38. The van der Waals surface area contributed by atoms with Gasteiger partial charge in [0, 0.05) is 18.5 Å². The van der Waals surface area contributed by atoms with Crippen LogP contribution in [0.1, 0.15) is 19.3 Å². The SMILES string of the molecule is O=C(O)CCCC(=O)Nc1ccc(S(=O)(=O)C(F)F)cc1. The summed E-state index contributed by atoms with van der Waals surface area (Å²) < 4.78 is 47.0. The maximum absolute atomic E-state index is 12.3. The Morgan fingerprint density at radius 3 is 2.19 bits per heavy atom. The van der Waals surface area contributed by atoms with E-state index in [-0.39, 0.29) is 24.9 Å². The minimum atomic E-state index is -4.66. The number of carbonyl (C=O) groups excluding carboxylic acids is 1. The van der Waals surface area contributed by atoms with Crippen molar-refractivity contribution in [1.82, 2.24) is 0 Å². The molecule has 2 N–H and O–H groups in total. The zero-order valence-electron chi connectivity index (χ0n) is 10.8. The number of sulfone groups is 1. The van der Waals surface area contributed by atoms with Crippen molar-refractivity contribution in [2.45, 2.75) is 29.9 Å². The van der Waals surface area contributed by atoms with Gasteiger partial charge in [0.2, 0.25) is 15.7 Å². The predicted octanol–water partition coefficient (Wildman–Crippen LogP) is 1.88. The first kappa shape index (κ1) is 17.0. The van der Waals surface area contributed by atoms with Crippen molar-refractivity contribution in [2.24, 2.45) is 0 Å². The molecule has 0 radical (unpaired) electrons. The molecule has 1 amide bonds.